The van der Waals surface area contributed by atoms with Crippen molar-refractivity contribution in [2.45, 2.75) is 25.9 Å². The third-order valence-corrected chi connectivity index (χ3v) is 3.47. The quantitative estimate of drug-likeness (QED) is 0.946. The molecule has 0 aliphatic carbocycles. The topological polar surface area (TPSA) is 43.8 Å². The average molecular weight is 294 g/mol. The molecular formula is C13H16BrN3. The summed E-state index contributed by atoms with van der Waals surface area (Å²) in [6.45, 7) is 3.98. The molecule has 90 valence electrons. The Morgan fingerprint density at radius 2 is 2.00 bits per heavy atom. The van der Waals surface area contributed by atoms with E-state index in [0.717, 1.165) is 15.7 Å². The molecule has 2 aromatic rings. The number of hydrogen-bond acceptors (Lipinski definition) is 2. The maximum atomic E-state index is 6.10. The molecule has 0 radical (unpaired) electrons. The minimum Gasteiger partial charge on any atom is -0.326 e. The van der Waals surface area contributed by atoms with Crippen LogP contribution in [0.4, 0.5) is 0 Å². The van der Waals surface area contributed by atoms with Crippen LogP contribution in [-0.2, 0) is 0 Å². The summed E-state index contributed by atoms with van der Waals surface area (Å²) in [6, 6.07) is 10.2. The fourth-order valence-corrected chi connectivity index (χ4v) is 2.49. The first-order valence-corrected chi connectivity index (χ1v) is 6.40. The van der Waals surface area contributed by atoms with Gasteiger partial charge in [-0.25, -0.2) is 0 Å². The number of nitrogens with zero attached hydrogens (tertiary/aromatic N) is 2. The maximum Gasteiger partial charge on any atom is 0.0927 e. The lowest BCUT2D eigenvalue weighted by atomic mass is 10.0. The molecule has 0 amide bonds. The monoisotopic (exact) mass is 293 g/mol. The van der Waals surface area contributed by atoms with Gasteiger partial charge in [0, 0.05) is 16.7 Å². The summed E-state index contributed by atoms with van der Waals surface area (Å²) in [6.07, 6.45) is 1.98. The number of aryl methyl sites for hydroxylation is 1. The van der Waals surface area contributed by atoms with Gasteiger partial charge in [0.25, 0.3) is 0 Å². The van der Waals surface area contributed by atoms with E-state index in [0.29, 0.717) is 0 Å². The molecule has 0 fully saturated rings. The summed E-state index contributed by atoms with van der Waals surface area (Å²) in [5.41, 5.74) is 8.26. The zero-order valence-corrected chi connectivity index (χ0v) is 11.6. The molecule has 0 aliphatic rings. The highest BCUT2D eigenvalue weighted by Gasteiger charge is 2.20. The Labute approximate surface area is 110 Å². The molecule has 0 saturated carbocycles. The first kappa shape index (κ1) is 12.3. The fourth-order valence-electron chi connectivity index (χ4n) is 1.97. The van der Waals surface area contributed by atoms with E-state index >= 15 is 0 Å². The predicted octanol–water partition coefficient (Wildman–Crippen LogP) is 2.89. The number of rotatable bonds is 3. The average Bonchev–Trinajstić information content (AvgIpc) is 2.68. The lowest BCUT2D eigenvalue weighted by Gasteiger charge is -2.23. The van der Waals surface area contributed by atoms with Crippen molar-refractivity contribution in [1.29, 1.82) is 0 Å². The summed E-state index contributed by atoms with van der Waals surface area (Å²) >= 11 is 3.57. The number of benzene rings is 1. The smallest absolute Gasteiger partial charge is 0.0927 e. The Kier molecular flexibility index (Phi) is 3.64. The highest BCUT2D eigenvalue weighted by Crippen LogP contribution is 2.27. The summed E-state index contributed by atoms with van der Waals surface area (Å²) in [7, 11) is 0. The van der Waals surface area contributed by atoms with Gasteiger partial charge in [0.15, 0.2) is 0 Å². The first-order valence-electron chi connectivity index (χ1n) is 5.61. The van der Waals surface area contributed by atoms with Crippen molar-refractivity contribution >= 4 is 15.9 Å². The molecule has 2 unspecified atom stereocenters. The third kappa shape index (κ3) is 2.58. The molecular weight excluding hydrogens is 278 g/mol. The van der Waals surface area contributed by atoms with Crippen LogP contribution in [0.1, 0.15) is 24.2 Å². The van der Waals surface area contributed by atoms with Gasteiger partial charge in [-0.15, -0.1) is 0 Å². The molecule has 0 bridgehead atoms. The molecule has 4 heteroatoms. The van der Waals surface area contributed by atoms with Gasteiger partial charge in [-0.05, 0) is 31.5 Å². The highest BCUT2D eigenvalue weighted by molar-refractivity contribution is 9.10. The van der Waals surface area contributed by atoms with Crippen LogP contribution in [-0.4, -0.2) is 15.8 Å². The molecule has 2 atom stereocenters. The van der Waals surface area contributed by atoms with Crippen LogP contribution in [0, 0.1) is 6.92 Å². The Hall–Kier alpha value is -1.13. The number of halogens is 1. The van der Waals surface area contributed by atoms with E-state index in [2.05, 4.69) is 27.1 Å². The highest BCUT2D eigenvalue weighted by atomic mass is 79.9. The molecule has 1 aromatic carbocycles. The Morgan fingerprint density at radius 3 is 2.53 bits per heavy atom. The van der Waals surface area contributed by atoms with Gasteiger partial charge < -0.3 is 5.73 Å². The van der Waals surface area contributed by atoms with Crippen LogP contribution in [0.25, 0.3) is 0 Å². The molecule has 3 nitrogen and oxygen atoms in total. The molecule has 2 rings (SSSR count). The second kappa shape index (κ2) is 5.02. The zero-order chi connectivity index (χ0) is 12.4. The number of hydrogen-bond donors (Lipinski definition) is 1. The van der Waals surface area contributed by atoms with Crippen LogP contribution >= 0.6 is 15.9 Å². The van der Waals surface area contributed by atoms with Gasteiger partial charge in [-0.3, -0.25) is 4.68 Å². The summed E-state index contributed by atoms with van der Waals surface area (Å²) < 4.78 is 3.00. The van der Waals surface area contributed by atoms with Gasteiger partial charge in [0.1, 0.15) is 0 Å². The second-order valence-electron chi connectivity index (χ2n) is 4.26. The lowest BCUT2D eigenvalue weighted by molar-refractivity contribution is 0.450. The van der Waals surface area contributed by atoms with Crippen molar-refractivity contribution < 1.29 is 0 Å². The van der Waals surface area contributed by atoms with E-state index in [1.165, 1.54) is 0 Å². The lowest BCUT2D eigenvalue weighted by Crippen LogP contribution is -2.31. The molecule has 0 spiro atoms. The molecule has 17 heavy (non-hydrogen) atoms. The minimum atomic E-state index is -0.00648. The van der Waals surface area contributed by atoms with Gasteiger partial charge in [-0.2, -0.15) is 5.10 Å². The third-order valence-electron chi connectivity index (χ3n) is 2.75. The van der Waals surface area contributed by atoms with Gasteiger partial charge in [-0.1, -0.05) is 34.1 Å². The van der Waals surface area contributed by atoms with Crippen molar-refractivity contribution in [1.82, 2.24) is 9.78 Å². The first-order chi connectivity index (χ1) is 8.09. The van der Waals surface area contributed by atoms with E-state index < -0.39 is 0 Å². The SMILES string of the molecule is Cc1ccn(C(c2ccccc2Br)C(C)N)n1. The summed E-state index contributed by atoms with van der Waals surface area (Å²) in [5.74, 6) is 0. The fraction of sp³-hybridized carbons (Fsp3) is 0.308. The van der Waals surface area contributed by atoms with Crippen molar-refractivity contribution in [2.75, 3.05) is 0 Å². The molecule has 1 aromatic heterocycles. The van der Waals surface area contributed by atoms with E-state index in [-0.39, 0.29) is 12.1 Å². The van der Waals surface area contributed by atoms with Gasteiger partial charge in [0.2, 0.25) is 0 Å². The number of nitrogens with two attached hydrogens (primary N) is 1. The molecule has 2 N–H and O–H groups in total. The van der Waals surface area contributed by atoms with E-state index in [1.807, 2.05) is 49.0 Å². The normalized spacial score (nSPS) is 14.6. The van der Waals surface area contributed by atoms with Crippen LogP contribution < -0.4 is 5.73 Å². The van der Waals surface area contributed by atoms with Crippen LogP contribution in [0.2, 0.25) is 0 Å². The Balaban J connectivity index is 2.47. The van der Waals surface area contributed by atoms with Crippen LogP contribution in [0.5, 0.6) is 0 Å². The maximum absolute atomic E-state index is 6.10. The molecule has 0 saturated heterocycles. The zero-order valence-electron chi connectivity index (χ0n) is 9.97. The summed E-state index contributed by atoms with van der Waals surface area (Å²) in [5, 5.41) is 4.47. The van der Waals surface area contributed by atoms with Crippen molar-refractivity contribution in [3.05, 3.63) is 52.3 Å². The van der Waals surface area contributed by atoms with Crippen molar-refractivity contribution in [3.63, 3.8) is 0 Å². The molecule has 0 aliphatic heterocycles. The van der Waals surface area contributed by atoms with E-state index in [1.54, 1.807) is 0 Å². The van der Waals surface area contributed by atoms with E-state index in [9.17, 15) is 0 Å². The summed E-state index contributed by atoms with van der Waals surface area (Å²) in [4.78, 5) is 0. The second-order valence-corrected chi connectivity index (χ2v) is 5.12. The van der Waals surface area contributed by atoms with Gasteiger partial charge >= 0.3 is 0 Å². The Bertz CT molecular complexity index is 505. The van der Waals surface area contributed by atoms with Crippen LogP contribution in [0.15, 0.2) is 41.0 Å². The predicted molar refractivity (Wildman–Crippen MR) is 72.9 cm³/mol. The molecule has 1 heterocycles. The minimum absolute atomic E-state index is 0.00648. The number of aromatic nitrogens is 2. The van der Waals surface area contributed by atoms with Crippen LogP contribution in [0.3, 0.4) is 0 Å². The largest absolute Gasteiger partial charge is 0.326 e. The van der Waals surface area contributed by atoms with E-state index in [4.69, 9.17) is 5.73 Å². The van der Waals surface area contributed by atoms with Crippen molar-refractivity contribution in [3.8, 4) is 0 Å². The van der Waals surface area contributed by atoms with Gasteiger partial charge in [0.05, 0.1) is 11.7 Å². The standard InChI is InChI=1S/C13H16BrN3/c1-9-7-8-17(16-9)13(10(2)15)11-5-3-4-6-12(11)14/h3-8,10,13H,15H2,1-2H3. The van der Waals surface area contributed by atoms with Crippen molar-refractivity contribution in [2.24, 2.45) is 5.73 Å². The Morgan fingerprint density at radius 1 is 1.29 bits per heavy atom.